The predicted octanol–water partition coefficient (Wildman–Crippen LogP) is 2.58. The highest BCUT2D eigenvalue weighted by Gasteiger charge is 2.33. The maximum absolute atomic E-state index is 11.8. The largest absolute Gasteiger partial charge is 0.493 e. The fourth-order valence-corrected chi connectivity index (χ4v) is 3.12. The number of aromatic nitrogens is 2. The van der Waals surface area contributed by atoms with Gasteiger partial charge in [-0.3, -0.25) is 14.9 Å². The first-order valence-electron chi connectivity index (χ1n) is 8.68. The van der Waals surface area contributed by atoms with Gasteiger partial charge in [0.15, 0.2) is 11.5 Å². The third-order valence-corrected chi connectivity index (χ3v) is 4.56. The van der Waals surface area contributed by atoms with Crippen molar-refractivity contribution in [2.45, 2.75) is 12.8 Å². The Labute approximate surface area is 161 Å². The number of rotatable bonds is 6. The summed E-state index contributed by atoms with van der Waals surface area (Å²) in [7, 11) is 2.83. The predicted molar refractivity (Wildman–Crippen MR) is 98.7 cm³/mol. The molecule has 0 unspecified atom stereocenters. The molecule has 2 aromatic rings. The second-order valence-corrected chi connectivity index (χ2v) is 6.15. The van der Waals surface area contributed by atoms with Crippen LogP contribution in [0.25, 0.3) is 0 Å². The molecule has 28 heavy (non-hydrogen) atoms. The maximum Gasteiger partial charge on any atom is 0.373 e. The third kappa shape index (κ3) is 3.95. The first-order chi connectivity index (χ1) is 13.5. The molecule has 1 aromatic heterocycles. The molecule has 10 nitrogen and oxygen atoms in total. The molecule has 1 fully saturated rings. The molecule has 1 aliphatic heterocycles. The number of ether oxygens (including phenoxy) is 3. The molecule has 2 heterocycles. The minimum Gasteiger partial charge on any atom is -0.493 e. The van der Waals surface area contributed by atoms with Gasteiger partial charge in [-0.05, 0) is 25.0 Å². The summed E-state index contributed by atoms with van der Waals surface area (Å²) in [6, 6.07) is 6.80. The number of hydrogen-bond acceptors (Lipinski definition) is 9. The molecular weight excluding hydrogens is 368 g/mol. The van der Waals surface area contributed by atoms with Gasteiger partial charge >= 0.3 is 17.5 Å². The minimum atomic E-state index is -0.563. The van der Waals surface area contributed by atoms with E-state index >= 15 is 0 Å². The number of hydrogen-bond donors (Lipinski definition) is 0. The van der Waals surface area contributed by atoms with Gasteiger partial charge in [-0.2, -0.15) is 4.98 Å². The van der Waals surface area contributed by atoms with Crippen LogP contribution in [0.15, 0.2) is 30.6 Å². The first-order valence-corrected chi connectivity index (χ1v) is 8.68. The van der Waals surface area contributed by atoms with Crippen molar-refractivity contribution in [3.05, 3.63) is 40.7 Å². The standard InChI is InChI=1S/C18H20N4O6/c1-26-13-5-3-4-6-14(13)28-17-15(22(24)25)16(19-11-20-17)21-9-7-12(8-10-21)18(23)27-2/h3-6,11-12H,7-10H2,1-2H3. The Morgan fingerprint density at radius 1 is 1.18 bits per heavy atom. The zero-order chi connectivity index (χ0) is 20.1. The Morgan fingerprint density at radius 3 is 2.46 bits per heavy atom. The van der Waals surface area contributed by atoms with Crippen LogP contribution < -0.4 is 14.4 Å². The lowest BCUT2D eigenvalue weighted by Crippen LogP contribution is -2.37. The summed E-state index contributed by atoms with van der Waals surface area (Å²) in [4.78, 5) is 32.7. The second-order valence-electron chi connectivity index (χ2n) is 6.15. The zero-order valence-electron chi connectivity index (χ0n) is 15.5. The van der Waals surface area contributed by atoms with Crippen LogP contribution in [0.5, 0.6) is 17.4 Å². The van der Waals surface area contributed by atoms with E-state index in [0.717, 1.165) is 0 Å². The number of carbonyl (C=O) groups excluding carboxylic acids is 1. The Balaban J connectivity index is 1.88. The molecule has 0 radical (unpaired) electrons. The molecule has 148 valence electrons. The summed E-state index contributed by atoms with van der Waals surface area (Å²) in [5.41, 5.74) is -0.329. The maximum atomic E-state index is 11.8. The van der Waals surface area contributed by atoms with E-state index in [1.54, 1.807) is 29.2 Å². The SMILES string of the molecule is COC(=O)C1CCN(c2ncnc(Oc3ccccc3OC)c2[N+](=O)[O-])CC1. The lowest BCUT2D eigenvalue weighted by molar-refractivity contribution is -0.385. The molecule has 10 heteroatoms. The molecule has 0 atom stereocenters. The molecule has 0 N–H and O–H groups in total. The van der Waals surface area contributed by atoms with Gasteiger partial charge in [-0.15, -0.1) is 0 Å². The topological polar surface area (TPSA) is 117 Å². The third-order valence-electron chi connectivity index (χ3n) is 4.56. The van der Waals surface area contributed by atoms with Gasteiger partial charge in [0.2, 0.25) is 5.82 Å². The summed E-state index contributed by atoms with van der Waals surface area (Å²) < 4.78 is 15.7. The molecule has 0 aliphatic carbocycles. The van der Waals surface area contributed by atoms with Crippen LogP contribution in [0.2, 0.25) is 0 Å². The number of carbonyl (C=O) groups is 1. The normalized spacial score (nSPS) is 14.4. The monoisotopic (exact) mass is 388 g/mol. The Bertz CT molecular complexity index is 867. The average Bonchev–Trinajstić information content (AvgIpc) is 2.73. The van der Waals surface area contributed by atoms with Crippen molar-refractivity contribution in [3.63, 3.8) is 0 Å². The summed E-state index contributed by atoms with van der Waals surface area (Å²) in [6.07, 6.45) is 2.27. The number of nitro groups is 1. The van der Waals surface area contributed by atoms with E-state index in [9.17, 15) is 14.9 Å². The highest BCUT2D eigenvalue weighted by atomic mass is 16.6. The van der Waals surface area contributed by atoms with E-state index < -0.39 is 4.92 Å². The van der Waals surface area contributed by atoms with Crippen LogP contribution in [-0.4, -0.2) is 48.2 Å². The smallest absolute Gasteiger partial charge is 0.373 e. The van der Waals surface area contributed by atoms with Crippen molar-refractivity contribution in [2.24, 2.45) is 5.92 Å². The van der Waals surface area contributed by atoms with Gasteiger partial charge in [-0.25, -0.2) is 4.98 Å². The number of para-hydroxylation sites is 2. The van der Waals surface area contributed by atoms with Crippen molar-refractivity contribution in [3.8, 4) is 17.4 Å². The molecule has 0 saturated carbocycles. The van der Waals surface area contributed by atoms with E-state index in [1.165, 1.54) is 20.5 Å². The van der Waals surface area contributed by atoms with Crippen LogP contribution in [0.1, 0.15) is 12.8 Å². The van der Waals surface area contributed by atoms with Crippen molar-refractivity contribution in [1.82, 2.24) is 9.97 Å². The first kappa shape index (κ1) is 19.3. The highest BCUT2D eigenvalue weighted by molar-refractivity contribution is 5.73. The summed E-state index contributed by atoms with van der Waals surface area (Å²) in [6.45, 7) is 0.872. The molecule has 1 aliphatic rings. The molecule has 0 bridgehead atoms. The van der Waals surface area contributed by atoms with Gasteiger partial charge in [0.25, 0.3) is 0 Å². The number of esters is 1. The minimum absolute atomic E-state index is 0.160. The van der Waals surface area contributed by atoms with Crippen molar-refractivity contribution >= 4 is 17.5 Å². The van der Waals surface area contributed by atoms with E-state index in [1.807, 2.05) is 0 Å². The van der Waals surface area contributed by atoms with Crippen LogP contribution in [0.3, 0.4) is 0 Å². The molecule has 1 aromatic carbocycles. The summed E-state index contributed by atoms with van der Waals surface area (Å²) in [5.74, 6) is 0.240. The van der Waals surface area contributed by atoms with Gasteiger partial charge in [-0.1, -0.05) is 12.1 Å². The number of piperidine rings is 1. The molecule has 1 saturated heterocycles. The number of nitrogens with zero attached hydrogens (tertiary/aromatic N) is 4. The molecular formula is C18H20N4O6. The molecule has 3 rings (SSSR count). The second kappa shape index (κ2) is 8.51. The van der Waals surface area contributed by atoms with Gasteiger partial charge in [0, 0.05) is 13.1 Å². The lowest BCUT2D eigenvalue weighted by Gasteiger charge is -2.31. The van der Waals surface area contributed by atoms with Crippen LogP contribution in [0, 0.1) is 16.0 Å². The molecule has 0 spiro atoms. The number of anilines is 1. The van der Waals surface area contributed by atoms with E-state index in [-0.39, 0.29) is 29.3 Å². The van der Waals surface area contributed by atoms with Crippen LogP contribution in [0.4, 0.5) is 11.5 Å². The average molecular weight is 388 g/mol. The zero-order valence-corrected chi connectivity index (χ0v) is 15.5. The van der Waals surface area contributed by atoms with Gasteiger partial charge in [0.05, 0.1) is 25.1 Å². The van der Waals surface area contributed by atoms with Gasteiger partial charge < -0.3 is 19.1 Å². The summed E-state index contributed by atoms with van der Waals surface area (Å²) in [5, 5.41) is 11.8. The molecule has 0 amide bonds. The van der Waals surface area contributed by atoms with Crippen LogP contribution >= 0.6 is 0 Å². The fraction of sp³-hybridized carbons (Fsp3) is 0.389. The highest BCUT2D eigenvalue weighted by Crippen LogP contribution is 2.39. The van der Waals surface area contributed by atoms with Crippen molar-refractivity contribution in [1.29, 1.82) is 0 Å². The lowest BCUT2D eigenvalue weighted by atomic mass is 9.97. The van der Waals surface area contributed by atoms with E-state index in [0.29, 0.717) is 37.4 Å². The van der Waals surface area contributed by atoms with E-state index in [4.69, 9.17) is 14.2 Å². The Hall–Kier alpha value is -3.43. The Morgan fingerprint density at radius 2 is 1.86 bits per heavy atom. The van der Waals surface area contributed by atoms with E-state index in [2.05, 4.69) is 9.97 Å². The quantitative estimate of drug-likeness (QED) is 0.418. The van der Waals surface area contributed by atoms with Crippen LogP contribution in [-0.2, 0) is 9.53 Å². The van der Waals surface area contributed by atoms with Gasteiger partial charge in [0.1, 0.15) is 6.33 Å². The summed E-state index contributed by atoms with van der Waals surface area (Å²) >= 11 is 0. The Kier molecular flexibility index (Phi) is 5.87. The fourth-order valence-electron chi connectivity index (χ4n) is 3.12. The number of benzene rings is 1. The van der Waals surface area contributed by atoms with Crippen molar-refractivity contribution < 1.29 is 23.9 Å². The van der Waals surface area contributed by atoms with Crippen molar-refractivity contribution in [2.75, 3.05) is 32.2 Å². The number of methoxy groups -OCH3 is 2.